The van der Waals surface area contributed by atoms with Crippen LogP contribution in [-0.2, 0) is 16.6 Å². The summed E-state index contributed by atoms with van der Waals surface area (Å²) in [5, 5.41) is 2.42. The van der Waals surface area contributed by atoms with Crippen molar-refractivity contribution < 1.29 is 14.3 Å². The first-order valence-electron chi connectivity index (χ1n) is 6.09. The zero-order chi connectivity index (χ0) is 13.3. The molecular weight excluding hydrogens is 230 g/mol. The van der Waals surface area contributed by atoms with Crippen LogP contribution in [0.15, 0.2) is 18.2 Å². The number of rotatable bonds is 1. The average Bonchev–Trinajstić information content (AvgIpc) is 2.68. The Morgan fingerprint density at radius 3 is 2.78 bits per heavy atom. The van der Waals surface area contributed by atoms with Crippen molar-refractivity contribution in [2.75, 3.05) is 7.05 Å². The van der Waals surface area contributed by atoms with Crippen molar-refractivity contribution in [2.45, 2.75) is 38.9 Å². The summed E-state index contributed by atoms with van der Waals surface area (Å²) in [7, 11) is 1.53. The van der Waals surface area contributed by atoms with Gasteiger partial charge >= 0.3 is 6.09 Å². The number of fused-ring (bicyclic) bond motifs is 1. The lowest BCUT2D eigenvalue weighted by atomic mass is 9.85. The third-order valence-corrected chi connectivity index (χ3v) is 2.98. The molecule has 4 nitrogen and oxygen atoms in total. The minimum Gasteiger partial charge on any atom is -0.454 e. The molecule has 0 aromatic heterocycles. The summed E-state index contributed by atoms with van der Waals surface area (Å²) in [5.41, 5.74) is 2.24. The van der Waals surface area contributed by atoms with Crippen LogP contribution < -0.4 is 10.1 Å². The van der Waals surface area contributed by atoms with E-state index in [1.807, 2.05) is 12.1 Å². The van der Waals surface area contributed by atoms with Crippen LogP contribution in [0, 0.1) is 0 Å². The van der Waals surface area contributed by atoms with E-state index in [9.17, 15) is 4.79 Å². The Bertz CT molecular complexity index is 463. The van der Waals surface area contributed by atoms with Crippen molar-refractivity contribution in [3.8, 4) is 5.75 Å². The van der Waals surface area contributed by atoms with Gasteiger partial charge < -0.3 is 14.8 Å². The minimum absolute atomic E-state index is 0.00719. The Morgan fingerprint density at radius 1 is 1.44 bits per heavy atom. The largest absolute Gasteiger partial charge is 0.454 e. The maximum Gasteiger partial charge on any atom is 0.409 e. The first kappa shape index (κ1) is 12.7. The maximum absolute atomic E-state index is 11.2. The number of alkyl carbamates (subject to hydrolysis) is 1. The number of carbonyl (C=O) groups excluding carboxylic acids is 1. The van der Waals surface area contributed by atoms with Gasteiger partial charge in [-0.25, -0.2) is 4.79 Å². The molecule has 18 heavy (non-hydrogen) atoms. The van der Waals surface area contributed by atoms with Gasteiger partial charge in [0.1, 0.15) is 5.75 Å². The zero-order valence-electron chi connectivity index (χ0n) is 11.2. The number of hydrogen-bond acceptors (Lipinski definition) is 3. The van der Waals surface area contributed by atoms with Crippen molar-refractivity contribution in [1.29, 1.82) is 0 Å². The highest BCUT2D eigenvalue weighted by Gasteiger charge is 2.31. The molecule has 2 rings (SSSR count). The van der Waals surface area contributed by atoms with E-state index in [-0.39, 0.29) is 5.41 Å². The molecule has 0 fully saturated rings. The number of benzene rings is 1. The maximum atomic E-state index is 11.2. The lowest BCUT2D eigenvalue weighted by Crippen LogP contribution is -2.28. The molecule has 0 saturated heterocycles. The quantitative estimate of drug-likeness (QED) is 0.832. The lowest BCUT2D eigenvalue weighted by Gasteiger charge is -2.22. The fourth-order valence-corrected chi connectivity index (χ4v) is 2.07. The number of nitrogens with one attached hydrogen (secondary N) is 1. The van der Waals surface area contributed by atoms with Crippen LogP contribution in [0.5, 0.6) is 5.75 Å². The van der Waals surface area contributed by atoms with Crippen molar-refractivity contribution >= 4 is 6.09 Å². The molecule has 1 aliphatic rings. The van der Waals surface area contributed by atoms with Gasteiger partial charge in [-0.2, -0.15) is 0 Å². The van der Waals surface area contributed by atoms with E-state index >= 15 is 0 Å². The molecule has 1 aromatic rings. The van der Waals surface area contributed by atoms with Crippen LogP contribution >= 0.6 is 0 Å². The lowest BCUT2D eigenvalue weighted by molar-refractivity contribution is -0.0163. The molecule has 1 aromatic carbocycles. The molecule has 98 valence electrons. The summed E-state index contributed by atoms with van der Waals surface area (Å²) < 4.78 is 10.9. The van der Waals surface area contributed by atoms with Gasteiger partial charge in [-0.15, -0.1) is 0 Å². The molecular formula is C14H19NO3. The van der Waals surface area contributed by atoms with E-state index in [1.54, 1.807) is 0 Å². The van der Waals surface area contributed by atoms with Gasteiger partial charge in [0.25, 0.3) is 0 Å². The van der Waals surface area contributed by atoms with Crippen LogP contribution in [-0.4, -0.2) is 19.4 Å². The van der Waals surface area contributed by atoms with Gasteiger partial charge in [0.05, 0.1) is 6.42 Å². The first-order valence-corrected chi connectivity index (χ1v) is 6.09. The Balaban J connectivity index is 2.22. The third-order valence-electron chi connectivity index (χ3n) is 2.98. The second-order valence-electron chi connectivity index (χ2n) is 5.45. The molecule has 1 N–H and O–H groups in total. The van der Waals surface area contributed by atoms with E-state index < -0.39 is 12.4 Å². The van der Waals surface area contributed by atoms with Crippen molar-refractivity contribution in [3.05, 3.63) is 29.3 Å². The van der Waals surface area contributed by atoms with Gasteiger partial charge in [0, 0.05) is 12.6 Å². The molecule has 0 bridgehead atoms. The highest BCUT2D eigenvalue weighted by atomic mass is 16.7. The summed E-state index contributed by atoms with van der Waals surface area (Å²) in [6.07, 6.45) is -0.388. The summed E-state index contributed by atoms with van der Waals surface area (Å²) in [6, 6.07) is 6.09. The summed E-state index contributed by atoms with van der Waals surface area (Å²) in [4.78, 5) is 11.2. The zero-order valence-corrected chi connectivity index (χ0v) is 11.2. The van der Waals surface area contributed by atoms with E-state index in [2.05, 4.69) is 32.2 Å². The molecule has 1 heterocycles. The second kappa shape index (κ2) is 4.52. The Kier molecular flexibility index (Phi) is 3.20. The monoisotopic (exact) mass is 249 g/mol. The van der Waals surface area contributed by atoms with Crippen molar-refractivity contribution in [3.63, 3.8) is 0 Å². The number of para-hydroxylation sites is 1. The van der Waals surface area contributed by atoms with Gasteiger partial charge in [-0.05, 0) is 11.0 Å². The van der Waals surface area contributed by atoms with E-state index in [1.165, 1.54) is 7.05 Å². The predicted molar refractivity (Wildman–Crippen MR) is 68.8 cm³/mol. The molecule has 1 aliphatic heterocycles. The second-order valence-corrected chi connectivity index (χ2v) is 5.45. The highest BCUT2D eigenvalue weighted by molar-refractivity contribution is 5.67. The minimum atomic E-state index is -0.525. The normalized spacial score (nSPS) is 17.9. The third kappa shape index (κ3) is 2.42. The highest BCUT2D eigenvalue weighted by Crippen LogP contribution is 2.39. The first-order chi connectivity index (χ1) is 8.41. The number of amides is 1. The molecule has 0 saturated carbocycles. The molecule has 0 radical (unpaired) electrons. The predicted octanol–water partition coefficient (Wildman–Crippen LogP) is 2.60. The van der Waals surface area contributed by atoms with Gasteiger partial charge in [0.15, 0.2) is 0 Å². The van der Waals surface area contributed by atoms with Crippen LogP contribution in [0.25, 0.3) is 0 Å². The fourth-order valence-electron chi connectivity index (χ4n) is 2.07. The van der Waals surface area contributed by atoms with Gasteiger partial charge in [0.2, 0.25) is 6.29 Å². The summed E-state index contributed by atoms with van der Waals surface area (Å²) >= 11 is 0. The van der Waals surface area contributed by atoms with E-state index in [0.717, 1.165) is 16.9 Å². The molecule has 4 heteroatoms. The van der Waals surface area contributed by atoms with Gasteiger partial charge in [-0.1, -0.05) is 39.0 Å². The Hall–Kier alpha value is -1.71. The standard InChI is InChI=1S/C14H19NO3/c1-14(2,3)10-7-5-6-9-8-11(17-12(9)10)18-13(16)15-4/h5-7,11H,8H2,1-4H3,(H,15,16). The molecule has 1 atom stereocenters. The average molecular weight is 249 g/mol. The van der Waals surface area contributed by atoms with Crippen molar-refractivity contribution in [1.82, 2.24) is 5.32 Å². The smallest absolute Gasteiger partial charge is 0.409 e. The number of hydrogen-bond donors (Lipinski definition) is 1. The molecule has 1 amide bonds. The van der Waals surface area contributed by atoms with Crippen LogP contribution in [0.1, 0.15) is 31.9 Å². The Labute approximate surface area is 107 Å². The fraction of sp³-hybridized carbons (Fsp3) is 0.500. The number of ether oxygens (including phenoxy) is 2. The summed E-state index contributed by atoms with van der Waals surface area (Å²) in [6.45, 7) is 6.41. The molecule has 0 aliphatic carbocycles. The topological polar surface area (TPSA) is 47.6 Å². The van der Waals surface area contributed by atoms with E-state index in [4.69, 9.17) is 9.47 Å². The number of carbonyl (C=O) groups is 1. The SMILES string of the molecule is CNC(=O)OC1Cc2cccc(C(C)(C)C)c2O1. The van der Waals surface area contributed by atoms with Crippen LogP contribution in [0.4, 0.5) is 4.79 Å². The van der Waals surface area contributed by atoms with Crippen LogP contribution in [0.3, 0.4) is 0 Å². The summed E-state index contributed by atoms with van der Waals surface area (Å²) in [5.74, 6) is 0.860. The van der Waals surface area contributed by atoms with E-state index in [0.29, 0.717) is 6.42 Å². The van der Waals surface area contributed by atoms with Gasteiger partial charge in [-0.3, -0.25) is 0 Å². The molecule has 1 unspecified atom stereocenters. The van der Waals surface area contributed by atoms with Crippen LogP contribution in [0.2, 0.25) is 0 Å². The molecule has 0 spiro atoms. The van der Waals surface area contributed by atoms with Crippen molar-refractivity contribution in [2.24, 2.45) is 0 Å². The Morgan fingerprint density at radius 2 is 2.17 bits per heavy atom.